The van der Waals surface area contributed by atoms with Crippen LogP contribution in [0.15, 0.2) is 30.3 Å². The zero-order valence-electron chi connectivity index (χ0n) is 15.2. The molecule has 1 atom stereocenters. The van der Waals surface area contributed by atoms with E-state index in [-0.39, 0.29) is 5.91 Å². The van der Waals surface area contributed by atoms with Crippen LogP contribution in [-0.4, -0.2) is 39.4 Å². The van der Waals surface area contributed by atoms with Crippen LogP contribution < -0.4 is 16.4 Å². The molecule has 0 radical (unpaired) electrons. The molecule has 4 N–H and O–H groups in total. The first-order valence-electron chi connectivity index (χ1n) is 8.79. The van der Waals surface area contributed by atoms with Gasteiger partial charge in [0, 0.05) is 13.1 Å². The lowest BCUT2D eigenvalue weighted by Gasteiger charge is -2.25. The van der Waals surface area contributed by atoms with Crippen LogP contribution in [0.4, 0.5) is 0 Å². The van der Waals surface area contributed by atoms with E-state index in [1.165, 1.54) is 0 Å². The van der Waals surface area contributed by atoms with Gasteiger partial charge in [-0.15, -0.1) is 10.2 Å². The highest BCUT2D eigenvalue weighted by Gasteiger charge is 2.29. The molecule has 1 amide bonds. The summed E-state index contributed by atoms with van der Waals surface area (Å²) in [6, 6.07) is 9.50. The first kappa shape index (κ1) is 18.5. The third-order valence-electron chi connectivity index (χ3n) is 4.25. The molecule has 2 aromatic rings. The maximum Gasteiger partial charge on any atom is 0.240 e. The Morgan fingerprint density at radius 3 is 2.88 bits per heavy atom. The summed E-state index contributed by atoms with van der Waals surface area (Å²) in [4.78, 5) is 12.4. The predicted molar refractivity (Wildman–Crippen MR) is 97.0 cm³/mol. The highest BCUT2D eigenvalue weighted by atomic mass is 16.5. The Morgan fingerprint density at radius 2 is 2.15 bits per heavy atom. The van der Waals surface area contributed by atoms with Crippen LogP contribution in [0.1, 0.15) is 37.1 Å². The summed E-state index contributed by atoms with van der Waals surface area (Å²) in [7, 11) is 0. The van der Waals surface area contributed by atoms with Crippen LogP contribution >= 0.6 is 0 Å². The quantitative estimate of drug-likeness (QED) is 0.665. The molecule has 1 aliphatic rings. The van der Waals surface area contributed by atoms with Crippen LogP contribution in [0.25, 0.3) is 0 Å². The Bertz CT molecular complexity index is 738. The molecule has 0 fully saturated rings. The largest absolute Gasteiger partial charge is 0.374 e. The van der Waals surface area contributed by atoms with Gasteiger partial charge in [0.15, 0.2) is 5.82 Å². The smallest absolute Gasteiger partial charge is 0.240 e. The van der Waals surface area contributed by atoms with E-state index in [0.29, 0.717) is 25.6 Å². The fraction of sp³-hybridized carbons (Fsp3) is 0.500. The van der Waals surface area contributed by atoms with E-state index in [9.17, 15) is 4.79 Å². The number of carbonyl (C=O) groups is 1. The lowest BCUT2D eigenvalue weighted by Crippen LogP contribution is -2.51. The van der Waals surface area contributed by atoms with Crippen molar-refractivity contribution in [1.82, 2.24) is 25.4 Å². The number of nitrogens with zero attached hydrogens (tertiary/aromatic N) is 3. The van der Waals surface area contributed by atoms with Crippen LogP contribution in [-0.2, 0) is 29.2 Å². The summed E-state index contributed by atoms with van der Waals surface area (Å²) >= 11 is 0. The molecule has 8 heteroatoms. The molecule has 0 saturated heterocycles. The lowest BCUT2D eigenvalue weighted by molar-refractivity contribution is -0.126. The zero-order chi connectivity index (χ0) is 18.6. The van der Waals surface area contributed by atoms with Crippen molar-refractivity contribution in [3.8, 4) is 0 Å². The average Bonchev–Trinajstić information content (AvgIpc) is 3.05. The second-order valence-corrected chi connectivity index (χ2v) is 7.05. The number of carbonyl (C=O) groups excluding carboxylic acids is 1. The average molecular weight is 358 g/mol. The van der Waals surface area contributed by atoms with Crippen molar-refractivity contribution >= 4 is 5.91 Å². The molecule has 0 aliphatic carbocycles. The number of hydrogen-bond acceptors (Lipinski definition) is 6. The van der Waals surface area contributed by atoms with Crippen molar-refractivity contribution < 1.29 is 9.53 Å². The van der Waals surface area contributed by atoms with Crippen molar-refractivity contribution in [2.24, 2.45) is 5.73 Å². The van der Waals surface area contributed by atoms with Gasteiger partial charge in [0.25, 0.3) is 0 Å². The fourth-order valence-electron chi connectivity index (χ4n) is 2.77. The van der Waals surface area contributed by atoms with Gasteiger partial charge in [0.2, 0.25) is 5.91 Å². The van der Waals surface area contributed by atoms with Gasteiger partial charge < -0.3 is 25.7 Å². The molecule has 0 saturated carbocycles. The molecule has 8 nitrogen and oxygen atoms in total. The van der Waals surface area contributed by atoms with Crippen LogP contribution in [0.2, 0.25) is 0 Å². The molecule has 1 aliphatic heterocycles. The monoisotopic (exact) mass is 358 g/mol. The minimum atomic E-state index is -0.982. The molecular weight excluding hydrogens is 332 g/mol. The second kappa shape index (κ2) is 7.94. The van der Waals surface area contributed by atoms with Gasteiger partial charge in [0.05, 0.1) is 25.3 Å². The van der Waals surface area contributed by atoms with Crippen molar-refractivity contribution in [2.75, 3.05) is 13.2 Å². The van der Waals surface area contributed by atoms with E-state index in [1.807, 2.05) is 34.9 Å². The van der Waals surface area contributed by atoms with Gasteiger partial charge in [0.1, 0.15) is 11.9 Å². The van der Waals surface area contributed by atoms with Gasteiger partial charge in [-0.05, 0) is 19.4 Å². The minimum absolute atomic E-state index is 0.253. The number of ether oxygens (including phenoxy) is 1. The summed E-state index contributed by atoms with van der Waals surface area (Å²) in [5, 5.41) is 14.7. The van der Waals surface area contributed by atoms with E-state index in [0.717, 1.165) is 24.5 Å². The Hall–Kier alpha value is -2.29. The van der Waals surface area contributed by atoms with Crippen molar-refractivity contribution in [3.05, 3.63) is 47.5 Å². The molecule has 0 unspecified atom stereocenters. The number of nitrogens with one attached hydrogen (secondary N) is 2. The first-order valence-corrected chi connectivity index (χ1v) is 8.79. The molecule has 2 heterocycles. The maximum absolute atomic E-state index is 12.4. The minimum Gasteiger partial charge on any atom is -0.374 e. The second-order valence-electron chi connectivity index (χ2n) is 7.05. The number of fused-ring (bicyclic) bond motifs is 1. The number of rotatable bonds is 7. The lowest BCUT2D eigenvalue weighted by atomic mass is 10.1. The number of hydrogen-bond donors (Lipinski definition) is 3. The van der Waals surface area contributed by atoms with E-state index < -0.39 is 11.6 Å². The number of benzene rings is 1. The first-order chi connectivity index (χ1) is 12.4. The van der Waals surface area contributed by atoms with Crippen LogP contribution in [0, 0.1) is 0 Å². The number of nitrogens with two attached hydrogens (primary N) is 1. The molecule has 140 valence electrons. The topological polar surface area (TPSA) is 107 Å². The summed E-state index contributed by atoms with van der Waals surface area (Å²) in [6.45, 7) is 6.37. The predicted octanol–water partition coefficient (Wildman–Crippen LogP) is 0.493. The Balaban J connectivity index is 1.73. The van der Waals surface area contributed by atoms with Crippen LogP contribution in [0.5, 0.6) is 0 Å². The molecule has 26 heavy (non-hydrogen) atoms. The summed E-state index contributed by atoms with van der Waals surface area (Å²) in [5.41, 5.74) is 6.02. The Morgan fingerprint density at radius 1 is 1.38 bits per heavy atom. The van der Waals surface area contributed by atoms with E-state index in [4.69, 9.17) is 10.5 Å². The maximum atomic E-state index is 12.4. The third kappa shape index (κ3) is 4.46. The highest BCUT2D eigenvalue weighted by molar-refractivity contribution is 5.85. The summed E-state index contributed by atoms with van der Waals surface area (Å²) in [6.07, 6.45) is 0. The zero-order valence-corrected chi connectivity index (χ0v) is 15.2. The number of amides is 1. The van der Waals surface area contributed by atoms with E-state index in [1.54, 1.807) is 13.8 Å². The Labute approximate surface area is 153 Å². The molecule has 3 rings (SSSR count). The third-order valence-corrected chi connectivity index (χ3v) is 4.25. The van der Waals surface area contributed by atoms with Gasteiger partial charge in [-0.2, -0.15) is 0 Å². The van der Waals surface area contributed by atoms with Crippen molar-refractivity contribution in [1.29, 1.82) is 0 Å². The summed E-state index contributed by atoms with van der Waals surface area (Å²) < 4.78 is 7.90. The van der Waals surface area contributed by atoms with E-state index in [2.05, 4.69) is 20.8 Å². The Kier molecular flexibility index (Phi) is 5.65. The van der Waals surface area contributed by atoms with E-state index >= 15 is 0 Å². The molecule has 0 bridgehead atoms. The van der Waals surface area contributed by atoms with Crippen molar-refractivity contribution in [2.45, 2.75) is 45.1 Å². The molecular formula is C18H26N6O2. The SMILES string of the molecule is CC(C)(N)C(=O)N[C@H](COCc1ccccc1)c1nnc2n1CCNC2. The fourth-order valence-corrected chi connectivity index (χ4v) is 2.77. The number of aromatic nitrogens is 3. The normalized spacial score (nSPS) is 15.3. The van der Waals surface area contributed by atoms with Crippen molar-refractivity contribution in [3.63, 3.8) is 0 Å². The molecule has 0 spiro atoms. The van der Waals surface area contributed by atoms with Gasteiger partial charge in [-0.1, -0.05) is 30.3 Å². The van der Waals surface area contributed by atoms with Crippen LogP contribution in [0.3, 0.4) is 0 Å². The standard InChI is InChI=1S/C18H26N6O2/c1-18(2,19)17(25)21-14(12-26-11-13-6-4-3-5-7-13)16-23-22-15-10-20-8-9-24(15)16/h3-7,14,20H,8-12,19H2,1-2H3,(H,21,25)/t14-/m1/s1. The highest BCUT2D eigenvalue weighted by Crippen LogP contribution is 2.17. The molecule has 1 aromatic heterocycles. The van der Waals surface area contributed by atoms with Gasteiger partial charge >= 0.3 is 0 Å². The summed E-state index contributed by atoms with van der Waals surface area (Å²) in [5.74, 6) is 1.31. The van der Waals surface area contributed by atoms with Gasteiger partial charge in [-0.25, -0.2) is 0 Å². The molecule has 1 aromatic carbocycles. The van der Waals surface area contributed by atoms with Gasteiger partial charge in [-0.3, -0.25) is 4.79 Å².